The fourth-order valence-electron chi connectivity index (χ4n) is 2.09. The van der Waals surface area contributed by atoms with E-state index in [2.05, 4.69) is 15.7 Å². The molecule has 10 heteroatoms. The van der Waals surface area contributed by atoms with E-state index in [-0.39, 0.29) is 19.8 Å². The smallest absolute Gasteiger partial charge is 0.327 e. The van der Waals surface area contributed by atoms with Crippen molar-refractivity contribution >= 4 is 39.3 Å². The predicted molar refractivity (Wildman–Crippen MR) is 96.1 cm³/mol. The third kappa shape index (κ3) is 5.36. The number of amides is 3. The average molecular weight is 388 g/mol. The van der Waals surface area contributed by atoms with Crippen LogP contribution in [0, 0.1) is 0 Å². The normalized spacial score (nSPS) is 10.5. The van der Waals surface area contributed by atoms with Gasteiger partial charge in [0.1, 0.15) is 17.4 Å². The van der Waals surface area contributed by atoms with Crippen LogP contribution in [0.5, 0.6) is 0 Å². The number of hydrogen-bond donors (Lipinski definition) is 3. The van der Waals surface area contributed by atoms with Crippen LogP contribution in [0.25, 0.3) is 10.2 Å². The monoisotopic (exact) mass is 388 g/mol. The molecule has 0 saturated carbocycles. The number of thiazole rings is 1. The van der Waals surface area contributed by atoms with Gasteiger partial charge in [-0.15, -0.1) is 11.3 Å². The summed E-state index contributed by atoms with van der Waals surface area (Å²) in [5.74, 6) is -1.99. The molecule has 0 radical (unpaired) electrons. The molecule has 2 aromatic heterocycles. The summed E-state index contributed by atoms with van der Waals surface area (Å²) >= 11 is 1.48. The molecule has 0 aliphatic carbocycles. The van der Waals surface area contributed by atoms with Gasteiger partial charge in [-0.3, -0.25) is 25.2 Å². The minimum atomic E-state index is -0.999. The molecule has 0 atom stereocenters. The summed E-state index contributed by atoms with van der Waals surface area (Å²) in [5, 5.41) is 3.09. The molecule has 0 saturated heterocycles. The Bertz CT molecular complexity index is 905. The first-order chi connectivity index (χ1) is 13.1. The van der Waals surface area contributed by atoms with Crippen LogP contribution in [0.4, 0.5) is 0 Å². The molecule has 27 heavy (non-hydrogen) atoms. The van der Waals surface area contributed by atoms with Crippen LogP contribution < -0.4 is 16.2 Å². The molecule has 140 valence electrons. The fourth-order valence-corrected chi connectivity index (χ4v) is 3.00. The van der Waals surface area contributed by atoms with E-state index >= 15 is 0 Å². The molecular weight excluding hydrogens is 372 g/mol. The van der Waals surface area contributed by atoms with Crippen LogP contribution in [0.3, 0.4) is 0 Å². The van der Waals surface area contributed by atoms with Gasteiger partial charge >= 0.3 is 11.8 Å². The summed E-state index contributed by atoms with van der Waals surface area (Å²) in [7, 11) is 0. The van der Waals surface area contributed by atoms with Gasteiger partial charge in [-0.1, -0.05) is 12.1 Å². The third-order valence-electron chi connectivity index (χ3n) is 3.32. The Morgan fingerprint density at radius 2 is 1.93 bits per heavy atom. The summed E-state index contributed by atoms with van der Waals surface area (Å²) in [5.41, 5.74) is 4.99. The van der Waals surface area contributed by atoms with Crippen LogP contribution in [-0.2, 0) is 32.3 Å². The second-order valence-electron chi connectivity index (χ2n) is 5.33. The van der Waals surface area contributed by atoms with E-state index in [1.54, 1.807) is 12.1 Å². The number of hydrogen-bond acceptors (Lipinski definition) is 7. The molecule has 0 fully saturated rings. The molecule has 0 unspecified atom stereocenters. The zero-order valence-corrected chi connectivity index (χ0v) is 14.9. The molecule has 3 N–H and O–H groups in total. The second-order valence-corrected chi connectivity index (χ2v) is 6.45. The minimum absolute atomic E-state index is 0.0679. The zero-order valence-electron chi connectivity index (χ0n) is 14.1. The quantitative estimate of drug-likeness (QED) is 0.425. The molecule has 0 bridgehead atoms. The Morgan fingerprint density at radius 3 is 2.70 bits per heavy atom. The number of hydrazine groups is 1. The molecule has 0 aliphatic rings. The van der Waals surface area contributed by atoms with Gasteiger partial charge in [-0.25, -0.2) is 4.98 Å². The topological polar surface area (TPSA) is 123 Å². The van der Waals surface area contributed by atoms with E-state index in [0.717, 1.165) is 15.2 Å². The number of nitrogens with zero attached hydrogens (tertiary/aromatic N) is 1. The highest BCUT2D eigenvalue weighted by Crippen LogP contribution is 2.21. The number of nitrogens with one attached hydrogen (secondary N) is 3. The largest absolute Gasteiger partial charge is 0.467 e. The summed E-state index contributed by atoms with van der Waals surface area (Å²) in [6, 6.07) is 11.0. The Hall–Kier alpha value is -3.24. The first kappa shape index (κ1) is 18.5. The number of furan rings is 1. The number of carbonyl (C=O) groups excluding carboxylic acids is 3. The maximum atomic E-state index is 11.7. The molecular formula is C17H16N4O5S. The van der Waals surface area contributed by atoms with Crippen molar-refractivity contribution in [3.8, 4) is 0 Å². The third-order valence-corrected chi connectivity index (χ3v) is 4.33. The number of carbonyl (C=O) groups is 3. The lowest BCUT2D eigenvalue weighted by molar-refractivity contribution is -0.141. The van der Waals surface area contributed by atoms with Gasteiger partial charge in [-0.2, -0.15) is 0 Å². The molecule has 0 spiro atoms. The predicted octanol–water partition coefficient (Wildman–Crippen LogP) is 0.870. The first-order valence-electron chi connectivity index (χ1n) is 7.93. The van der Waals surface area contributed by atoms with Crippen molar-refractivity contribution in [2.45, 2.75) is 13.2 Å². The first-order valence-corrected chi connectivity index (χ1v) is 8.75. The average Bonchev–Trinajstić information content (AvgIpc) is 3.33. The van der Waals surface area contributed by atoms with Gasteiger partial charge in [0.2, 0.25) is 0 Å². The summed E-state index contributed by atoms with van der Waals surface area (Å²) < 4.78 is 11.3. The van der Waals surface area contributed by atoms with Crippen molar-refractivity contribution in [1.82, 2.24) is 21.2 Å². The number of rotatable bonds is 6. The van der Waals surface area contributed by atoms with Crippen LogP contribution in [0.2, 0.25) is 0 Å². The zero-order chi connectivity index (χ0) is 19.1. The summed E-state index contributed by atoms with van der Waals surface area (Å²) in [6.07, 6.45) is 1.45. The highest BCUT2D eigenvalue weighted by molar-refractivity contribution is 7.18. The fraction of sp³-hybridized carbons (Fsp3) is 0.176. The minimum Gasteiger partial charge on any atom is -0.467 e. The molecule has 9 nitrogen and oxygen atoms in total. The van der Waals surface area contributed by atoms with Crippen molar-refractivity contribution in [2.75, 3.05) is 6.61 Å². The maximum absolute atomic E-state index is 11.7. The molecule has 3 amide bonds. The number of aromatic nitrogens is 1. The summed E-state index contributed by atoms with van der Waals surface area (Å²) in [4.78, 5) is 39.2. The van der Waals surface area contributed by atoms with Crippen LogP contribution in [-0.4, -0.2) is 29.3 Å². The van der Waals surface area contributed by atoms with Gasteiger partial charge in [-0.05, 0) is 24.3 Å². The molecule has 3 rings (SSSR count). The lowest BCUT2D eigenvalue weighted by atomic mass is 10.3. The number of ether oxygens (including phenoxy) is 1. The van der Waals surface area contributed by atoms with E-state index in [4.69, 9.17) is 9.15 Å². The van der Waals surface area contributed by atoms with Crippen LogP contribution in [0.1, 0.15) is 10.8 Å². The number of para-hydroxylation sites is 1. The van der Waals surface area contributed by atoms with Gasteiger partial charge < -0.3 is 14.5 Å². The lowest BCUT2D eigenvalue weighted by Gasteiger charge is -2.07. The van der Waals surface area contributed by atoms with Crippen LogP contribution >= 0.6 is 11.3 Å². The van der Waals surface area contributed by atoms with Gasteiger partial charge in [0.25, 0.3) is 5.91 Å². The van der Waals surface area contributed by atoms with Crippen molar-refractivity contribution in [1.29, 1.82) is 0 Å². The highest BCUT2D eigenvalue weighted by atomic mass is 32.1. The van der Waals surface area contributed by atoms with E-state index in [0.29, 0.717) is 5.76 Å². The standard InChI is InChI=1S/C17H16N4O5S/c22-14(9-25-10-15-19-12-5-1-2-6-13(12)27-15)20-21-17(24)16(23)18-8-11-4-3-7-26-11/h1-7H,8-10H2,(H,18,23)(H,20,22)(H,21,24). The number of fused-ring (bicyclic) bond motifs is 1. The van der Waals surface area contributed by atoms with Crippen molar-refractivity contribution < 1.29 is 23.5 Å². The van der Waals surface area contributed by atoms with E-state index in [9.17, 15) is 14.4 Å². The number of benzene rings is 1. The Labute approximate surface area is 157 Å². The molecule has 1 aromatic carbocycles. The second kappa shape index (κ2) is 8.92. The highest BCUT2D eigenvalue weighted by Gasteiger charge is 2.14. The lowest BCUT2D eigenvalue weighted by Crippen LogP contribution is -2.49. The van der Waals surface area contributed by atoms with Gasteiger partial charge in [0.05, 0.1) is 29.6 Å². The molecule has 2 heterocycles. The Morgan fingerprint density at radius 1 is 1.07 bits per heavy atom. The van der Waals surface area contributed by atoms with Crippen molar-refractivity contribution in [3.63, 3.8) is 0 Å². The van der Waals surface area contributed by atoms with E-state index in [1.807, 2.05) is 29.7 Å². The summed E-state index contributed by atoms with van der Waals surface area (Å²) in [6.45, 7) is -0.0486. The maximum Gasteiger partial charge on any atom is 0.327 e. The van der Waals surface area contributed by atoms with Gasteiger partial charge in [0, 0.05) is 0 Å². The van der Waals surface area contributed by atoms with Gasteiger partial charge in [0.15, 0.2) is 0 Å². The van der Waals surface area contributed by atoms with Crippen LogP contribution in [0.15, 0.2) is 47.1 Å². The Balaban J connectivity index is 1.34. The van der Waals surface area contributed by atoms with Crippen molar-refractivity contribution in [3.05, 3.63) is 53.4 Å². The molecule has 0 aliphatic heterocycles. The molecule has 3 aromatic rings. The SMILES string of the molecule is O=C(COCc1nc2ccccc2s1)NNC(=O)C(=O)NCc1ccco1. The van der Waals surface area contributed by atoms with E-state index < -0.39 is 17.7 Å². The Kier molecular flexibility index (Phi) is 6.13. The van der Waals surface area contributed by atoms with E-state index in [1.165, 1.54) is 17.6 Å². The van der Waals surface area contributed by atoms with Crippen molar-refractivity contribution in [2.24, 2.45) is 0 Å².